The number of rotatable bonds is 4. The molecule has 0 bridgehead atoms. The molecule has 0 radical (unpaired) electrons. The Bertz CT molecular complexity index is 603. The predicted molar refractivity (Wildman–Crippen MR) is 74.0 cm³/mol. The molecule has 0 spiro atoms. The molecule has 0 aliphatic heterocycles. The summed E-state index contributed by atoms with van der Waals surface area (Å²) in [6.07, 6.45) is 2.37. The van der Waals surface area contributed by atoms with Crippen LogP contribution in [0.15, 0.2) is 47.1 Å². The molecule has 1 saturated carbocycles. The number of carbonyl (C=O) groups is 1. The van der Waals surface area contributed by atoms with Crippen molar-refractivity contribution in [3.8, 4) is 0 Å². The summed E-state index contributed by atoms with van der Waals surface area (Å²) in [4.78, 5) is 12.1. The summed E-state index contributed by atoms with van der Waals surface area (Å²) >= 11 is 0. The molecular weight excluding hydrogens is 273 g/mol. The molecule has 1 aromatic heterocycles. The van der Waals surface area contributed by atoms with Gasteiger partial charge in [-0.3, -0.25) is 4.79 Å². The largest absolute Gasteiger partial charge is 0.459 e. The van der Waals surface area contributed by atoms with E-state index in [0.717, 1.165) is 5.56 Å². The Hall–Kier alpha value is -2.14. The number of carbonyl (C=O) groups excluding carboxylic acids is 1. The third-order valence-corrected chi connectivity index (χ3v) is 3.88. The minimum Gasteiger partial charge on any atom is -0.459 e. The zero-order chi connectivity index (χ0) is 14.8. The van der Waals surface area contributed by atoms with Crippen molar-refractivity contribution in [3.05, 3.63) is 59.8 Å². The van der Waals surface area contributed by atoms with E-state index in [0.29, 0.717) is 12.8 Å². The highest BCUT2D eigenvalue weighted by atomic mass is 19.1. The third-order valence-electron chi connectivity index (χ3n) is 3.88. The lowest BCUT2D eigenvalue weighted by atomic mass is 9.75. The van der Waals surface area contributed by atoms with E-state index in [4.69, 9.17) is 4.42 Å². The summed E-state index contributed by atoms with van der Waals surface area (Å²) < 4.78 is 18.1. The van der Waals surface area contributed by atoms with Gasteiger partial charge in [0, 0.05) is 0 Å². The van der Waals surface area contributed by atoms with Gasteiger partial charge < -0.3 is 14.8 Å². The van der Waals surface area contributed by atoms with Gasteiger partial charge in [-0.05, 0) is 48.6 Å². The summed E-state index contributed by atoms with van der Waals surface area (Å²) in [6, 6.07) is 9.04. The highest BCUT2D eigenvalue weighted by Crippen LogP contribution is 2.38. The topological polar surface area (TPSA) is 62.5 Å². The first-order chi connectivity index (χ1) is 10.1. The molecule has 5 heteroatoms. The molecule has 1 atom stereocenters. The van der Waals surface area contributed by atoms with Crippen molar-refractivity contribution in [3.63, 3.8) is 0 Å². The molecule has 21 heavy (non-hydrogen) atoms. The fourth-order valence-electron chi connectivity index (χ4n) is 2.67. The number of aliphatic hydroxyl groups is 1. The lowest BCUT2D eigenvalue weighted by Crippen LogP contribution is -2.41. The summed E-state index contributed by atoms with van der Waals surface area (Å²) in [5.41, 5.74) is 0.827. The van der Waals surface area contributed by atoms with Crippen LogP contribution in [-0.4, -0.2) is 17.1 Å². The number of hydrogen-bond donors (Lipinski definition) is 2. The number of furan rings is 1. The van der Waals surface area contributed by atoms with E-state index in [-0.39, 0.29) is 35.5 Å². The lowest BCUT2D eigenvalue weighted by molar-refractivity contribution is 0.0232. The SMILES string of the molecule is O=C(NC(c1ccc(F)cc1)C1CC(O)C1)c1ccco1. The summed E-state index contributed by atoms with van der Waals surface area (Å²) in [7, 11) is 0. The molecule has 1 unspecified atom stereocenters. The second-order valence-corrected chi connectivity index (χ2v) is 5.37. The van der Waals surface area contributed by atoms with Crippen LogP contribution in [0, 0.1) is 11.7 Å². The van der Waals surface area contributed by atoms with E-state index in [1.807, 2.05) is 0 Å². The number of halogens is 1. The Morgan fingerprint density at radius 3 is 2.57 bits per heavy atom. The van der Waals surface area contributed by atoms with E-state index in [9.17, 15) is 14.3 Å². The van der Waals surface area contributed by atoms with Gasteiger partial charge in [0.05, 0.1) is 18.4 Å². The first-order valence-electron chi connectivity index (χ1n) is 6.91. The highest BCUT2D eigenvalue weighted by molar-refractivity contribution is 5.91. The number of aliphatic hydroxyl groups excluding tert-OH is 1. The van der Waals surface area contributed by atoms with E-state index in [2.05, 4.69) is 5.32 Å². The molecule has 2 aromatic rings. The fraction of sp³-hybridized carbons (Fsp3) is 0.312. The molecule has 2 N–H and O–H groups in total. The van der Waals surface area contributed by atoms with E-state index in [1.165, 1.54) is 18.4 Å². The van der Waals surface area contributed by atoms with Crippen LogP contribution >= 0.6 is 0 Å². The van der Waals surface area contributed by atoms with Crippen molar-refractivity contribution in [2.45, 2.75) is 25.0 Å². The van der Waals surface area contributed by atoms with Crippen LogP contribution in [0.4, 0.5) is 4.39 Å². The normalized spacial score (nSPS) is 22.4. The zero-order valence-corrected chi connectivity index (χ0v) is 11.3. The molecule has 4 nitrogen and oxygen atoms in total. The van der Waals surface area contributed by atoms with Crippen LogP contribution in [0.3, 0.4) is 0 Å². The molecular formula is C16H16FNO3. The molecule has 110 valence electrons. The standard InChI is InChI=1S/C16H16FNO3/c17-12-5-3-10(4-6-12)15(11-8-13(19)9-11)18-16(20)14-2-1-7-21-14/h1-7,11,13,15,19H,8-9H2,(H,18,20). The van der Waals surface area contributed by atoms with Crippen molar-refractivity contribution in [2.24, 2.45) is 5.92 Å². The van der Waals surface area contributed by atoms with Crippen molar-refractivity contribution in [2.75, 3.05) is 0 Å². The van der Waals surface area contributed by atoms with Crippen LogP contribution < -0.4 is 5.32 Å². The molecule has 1 aliphatic carbocycles. The van der Waals surface area contributed by atoms with Gasteiger partial charge in [-0.1, -0.05) is 12.1 Å². The van der Waals surface area contributed by atoms with Gasteiger partial charge >= 0.3 is 0 Å². The Morgan fingerprint density at radius 2 is 2.00 bits per heavy atom. The molecule has 3 rings (SSSR count). The Kier molecular flexibility index (Phi) is 3.75. The van der Waals surface area contributed by atoms with E-state index in [1.54, 1.807) is 24.3 Å². The van der Waals surface area contributed by atoms with Gasteiger partial charge in [-0.2, -0.15) is 0 Å². The Morgan fingerprint density at radius 1 is 1.29 bits per heavy atom. The molecule has 1 aromatic carbocycles. The maximum Gasteiger partial charge on any atom is 0.287 e. The van der Waals surface area contributed by atoms with Crippen molar-refractivity contribution >= 4 is 5.91 Å². The second-order valence-electron chi connectivity index (χ2n) is 5.37. The number of nitrogens with one attached hydrogen (secondary N) is 1. The van der Waals surface area contributed by atoms with Gasteiger partial charge in [0.1, 0.15) is 5.82 Å². The maximum absolute atomic E-state index is 13.1. The molecule has 1 amide bonds. The molecule has 1 heterocycles. The monoisotopic (exact) mass is 289 g/mol. The van der Waals surface area contributed by atoms with Crippen LogP contribution in [0.25, 0.3) is 0 Å². The first-order valence-corrected chi connectivity index (χ1v) is 6.91. The van der Waals surface area contributed by atoms with Crippen LogP contribution in [0.2, 0.25) is 0 Å². The Labute approximate surface area is 121 Å². The highest BCUT2D eigenvalue weighted by Gasteiger charge is 2.36. The zero-order valence-electron chi connectivity index (χ0n) is 11.3. The van der Waals surface area contributed by atoms with Gasteiger partial charge in [0.15, 0.2) is 5.76 Å². The van der Waals surface area contributed by atoms with Crippen molar-refractivity contribution in [1.82, 2.24) is 5.32 Å². The molecule has 1 fully saturated rings. The van der Waals surface area contributed by atoms with E-state index >= 15 is 0 Å². The first kappa shape index (κ1) is 13.8. The van der Waals surface area contributed by atoms with Crippen molar-refractivity contribution in [1.29, 1.82) is 0 Å². The maximum atomic E-state index is 13.1. The quantitative estimate of drug-likeness (QED) is 0.909. The van der Waals surface area contributed by atoms with Gasteiger partial charge in [0.2, 0.25) is 0 Å². The predicted octanol–water partition coefficient (Wildman–Crippen LogP) is 2.66. The van der Waals surface area contributed by atoms with E-state index < -0.39 is 0 Å². The molecule has 1 aliphatic rings. The lowest BCUT2D eigenvalue weighted by Gasteiger charge is -2.38. The molecule has 0 saturated heterocycles. The minimum atomic E-state index is -0.321. The average molecular weight is 289 g/mol. The van der Waals surface area contributed by atoms with Crippen molar-refractivity contribution < 1.29 is 18.7 Å². The summed E-state index contributed by atoms with van der Waals surface area (Å²) in [5, 5.41) is 12.4. The number of benzene rings is 1. The van der Waals surface area contributed by atoms with Gasteiger partial charge in [-0.25, -0.2) is 4.39 Å². The fourth-order valence-corrected chi connectivity index (χ4v) is 2.67. The second kappa shape index (κ2) is 5.69. The van der Waals surface area contributed by atoms with Gasteiger partial charge in [-0.15, -0.1) is 0 Å². The third kappa shape index (κ3) is 2.97. The minimum absolute atomic E-state index is 0.143. The van der Waals surface area contributed by atoms with Gasteiger partial charge in [0.25, 0.3) is 5.91 Å². The Balaban J connectivity index is 1.79. The smallest absolute Gasteiger partial charge is 0.287 e. The number of hydrogen-bond acceptors (Lipinski definition) is 3. The average Bonchev–Trinajstić information content (AvgIpc) is 2.97. The summed E-state index contributed by atoms with van der Waals surface area (Å²) in [6.45, 7) is 0. The number of amides is 1. The van der Waals surface area contributed by atoms with Crippen LogP contribution in [0.5, 0.6) is 0 Å². The summed E-state index contributed by atoms with van der Waals surface area (Å²) in [5.74, 6) is -0.245. The van der Waals surface area contributed by atoms with Crippen LogP contribution in [-0.2, 0) is 0 Å². The van der Waals surface area contributed by atoms with Crippen LogP contribution in [0.1, 0.15) is 35.0 Å².